The van der Waals surface area contributed by atoms with Gasteiger partial charge in [0.15, 0.2) is 0 Å². The van der Waals surface area contributed by atoms with Crippen molar-refractivity contribution in [2.24, 2.45) is 16.6 Å². The number of fused-ring (bicyclic) bond motifs is 1. The van der Waals surface area contributed by atoms with Gasteiger partial charge < -0.3 is 16.5 Å². The molecule has 2 aromatic carbocycles. The lowest BCUT2D eigenvalue weighted by Crippen LogP contribution is -2.13. The fourth-order valence-corrected chi connectivity index (χ4v) is 4.10. The minimum Gasteiger partial charge on any atom is -0.403 e. The summed E-state index contributed by atoms with van der Waals surface area (Å²) in [4.78, 5) is 4.44. The van der Waals surface area contributed by atoms with Crippen LogP contribution >= 0.6 is 0 Å². The molecule has 0 saturated carbocycles. The molecule has 0 heterocycles. The summed E-state index contributed by atoms with van der Waals surface area (Å²) in [5.41, 5.74) is 13.2. The topological polar surface area (TPSA) is 74.3 Å². The van der Waals surface area contributed by atoms with E-state index in [0.29, 0.717) is 11.8 Å². The molecular weight excluding hydrogens is 380 g/mol. The number of hydrogen-bond donors (Lipinski definition) is 3. The van der Waals surface area contributed by atoms with E-state index in [9.17, 15) is 0 Å². The van der Waals surface area contributed by atoms with E-state index in [1.165, 1.54) is 41.9 Å². The van der Waals surface area contributed by atoms with Crippen molar-refractivity contribution in [1.29, 1.82) is 5.41 Å². The van der Waals surface area contributed by atoms with Crippen LogP contribution in [0.15, 0.2) is 53.3 Å². The Hall–Kier alpha value is -3.32. The summed E-state index contributed by atoms with van der Waals surface area (Å²) in [6.45, 7) is 5.01. The summed E-state index contributed by atoms with van der Waals surface area (Å²) in [5.74, 6) is 3.72. The number of allylic oxidation sites excluding steroid dienone is 1. The molecule has 0 fully saturated rings. The van der Waals surface area contributed by atoms with Gasteiger partial charge in [-0.25, -0.2) is 0 Å². The molecule has 4 heteroatoms. The first-order chi connectivity index (χ1) is 15.0. The van der Waals surface area contributed by atoms with E-state index in [1.54, 1.807) is 6.21 Å². The minimum atomic E-state index is 0.478. The highest BCUT2D eigenvalue weighted by atomic mass is 14.9. The van der Waals surface area contributed by atoms with Crippen molar-refractivity contribution in [3.63, 3.8) is 0 Å². The van der Waals surface area contributed by atoms with Gasteiger partial charge in [-0.3, -0.25) is 4.99 Å². The molecule has 1 aliphatic rings. The molecule has 0 radical (unpaired) electrons. The molecule has 0 amide bonds. The van der Waals surface area contributed by atoms with E-state index in [4.69, 9.17) is 17.6 Å². The highest BCUT2D eigenvalue weighted by molar-refractivity contribution is 5.90. The number of nitrogens with two attached hydrogens (primary N) is 1. The molecule has 2 aromatic rings. The number of rotatable bonds is 8. The molecule has 0 spiro atoms. The standard InChI is InChI=1S/C27H32N4/c1-4-20-9-11-26-22(12-20)6-5-7-23(26)13-21-8-10-24(15-28)27(14-21)31-25(16-29)18-30-17-19(2)3/h1,8-12,14-16,18-19,23,28,31H,5-7,13,17,29H2,2-3H3/b25-16+,28-15?,30-18?. The van der Waals surface area contributed by atoms with Gasteiger partial charge in [-0.15, -0.1) is 6.42 Å². The minimum absolute atomic E-state index is 0.478. The molecule has 1 unspecified atom stereocenters. The summed E-state index contributed by atoms with van der Waals surface area (Å²) < 4.78 is 0. The Morgan fingerprint density at radius 3 is 2.87 bits per heavy atom. The Kier molecular flexibility index (Phi) is 7.67. The molecule has 4 nitrogen and oxygen atoms in total. The van der Waals surface area contributed by atoms with Crippen LogP contribution in [-0.2, 0) is 12.8 Å². The molecule has 31 heavy (non-hydrogen) atoms. The monoisotopic (exact) mass is 412 g/mol. The van der Waals surface area contributed by atoms with Crippen LogP contribution in [-0.4, -0.2) is 19.0 Å². The van der Waals surface area contributed by atoms with E-state index in [1.807, 2.05) is 6.07 Å². The average molecular weight is 413 g/mol. The van der Waals surface area contributed by atoms with Gasteiger partial charge in [-0.05, 0) is 72.4 Å². The summed E-state index contributed by atoms with van der Waals surface area (Å²) in [6, 6.07) is 12.7. The van der Waals surface area contributed by atoms with E-state index < -0.39 is 0 Å². The summed E-state index contributed by atoms with van der Waals surface area (Å²) in [5, 5.41) is 11.1. The lowest BCUT2D eigenvalue weighted by molar-refractivity contribution is 0.550. The van der Waals surface area contributed by atoms with Crippen molar-refractivity contribution in [3.05, 3.63) is 76.1 Å². The number of aliphatic imine (C=N–C) groups is 1. The third-order valence-corrected chi connectivity index (χ3v) is 5.66. The number of terminal acetylenes is 1. The smallest absolute Gasteiger partial charge is 0.0723 e. The van der Waals surface area contributed by atoms with Crippen molar-refractivity contribution in [1.82, 2.24) is 0 Å². The third-order valence-electron chi connectivity index (χ3n) is 5.66. The Morgan fingerprint density at radius 1 is 1.32 bits per heavy atom. The second-order valence-corrected chi connectivity index (χ2v) is 8.55. The Morgan fingerprint density at radius 2 is 2.16 bits per heavy atom. The maximum atomic E-state index is 7.77. The summed E-state index contributed by atoms with van der Waals surface area (Å²) in [6.07, 6.45) is 14.6. The van der Waals surface area contributed by atoms with Gasteiger partial charge in [-0.2, -0.15) is 0 Å². The molecule has 0 saturated heterocycles. The molecule has 3 rings (SSSR count). The van der Waals surface area contributed by atoms with Gasteiger partial charge in [0.05, 0.1) is 5.70 Å². The predicted molar refractivity (Wildman–Crippen MR) is 132 cm³/mol. The molecule has 1 atom stereocenters. The van der Waals surface area contributed by atoms with Gasteiger partial charge in [0, 0.05) is 42.0 Å². The van der Waals surface area contributed by atoms with Crippen LogP contribution in [0.5, 0.6) is 0 Å². The lowest BCUT2D eigenvalue weighted by Gasteiger charge is -2.26. The van der Waals surface area contributed by atoms with Crippen molar-refractivity contribution >= 4 is 18.1 Å². The number of nitrogens with zero attached hydrogens (tertiary/aromatic N) is 1. The van der Waals surface area contributed by atoms with E-state index in [2.05, 4.69) is 60.4 Å². The van der Waals surface area contributed by atoms with Crippen LogP contribution in [0.3, 0.4) is 0 Å². The molecule has 160 valence electrons. The quantitative estimate of drug-likeness (QED) is 0.408. The molecular formula is C27H32N4. The first-order valence-corrected chi connectivity index (χ1v) is 11.0. The van der Waals surface area contributed by atoms with Gasteiger partial charge in [0.25, 0.3) is 0 Å². The largest absolute Gasteiger partial charge is 0.403 e. The van der Waals surface area contributed by atoms with E-state index in [0.717, 1.165) is 41.9 Å². The third kappa shape index (κ3) is 5.86. The van der Waals surface area contributed by atoms with Gasteiger partial charge in [0.1, 0.15) is 0 Å². The summed E-state index contributed by atoms with van der Waals surface area (Å²) in [7, 11) is 0. The van der Waals surface area contributed by atoms with Crippen LogP contribution in [0.4, 0.5) is 5.69 Å². The second kappa shape index (κ2) is 10.6. The van der Waals surface area contributed by atoms with E-state index >= 15 is 0 Å². The van der Waals surface area contributed by atoms with Crippen molar-refractivity contribution in [2.75, 3.05) is 11.9 Å². The molecule has 4 N–H and O–H groups in total. The lowest BCUT2D eigenvalue weighted by atomic mass is 9.79. The molecule has 1 aliphatic carbocycles. The number of benzene rings is 2. The van der Waals surface area contributed by atoms with Crippen molar-refractivity contribution < 1.29 is 0 Å². The Bertz CT molecular complexity index is 1020. The van der Waals surface area contributed by atoms with Crippen LogP contribution in [0.25, 0.3) is 0 Å². The van der Waals surface area contributed by atoms with Crippen LogP contribution in [0.2, 0.25) is 0 Å². The maximum absolute atomic E-state index is 7.77. The van der Waals surface area contributed by atoms with Gasteiger partial charge in [-0.1, -0.05) is 38.0 Å². The Labute approximate surface area is 186 Å². The number of aryl methyl sites for hydroxylation is 1. The predicted octanol–water partition coefficient (Wildman–Crippen LogP) is 5.27. The van der Waals surface area contributed by atoms with Crippen molar-refractivity contribution in [2.45, 2.75) is 45.4 Å². The highest BCUT2D eigenvalue weighted by Gasteiger charge is 2.21. The second-order valence-electron chi connectivity index (χ2n) is 8.55. The Balaban J connectivity index is 1.81. The van der Waals surface area contributed by atoms with Crippen LogP contribution in [0.1, 0.15) is 60.4 Å². The zero-order valence-electron chi connectivity index (χ0n) is 18.5. The van der Waals surface area contributed by atoms with Crippen LogP contribution in [0, 0.1) is 23.7 Å². The highest BCUT2D eigenvalue weighted by Crippen LogP contribution is 2.35. The maximum Gasteiger partial charge on any atom is 0.0723 e. The average Bonchev–Trinajstić information content (AvgIpc) is 2.78. The number of nitrogens with one attached hydrogen (secondary N) is 2. The van der Waals surface area contributed by atoms with Gasteiger partial charge >= 0.3 is 0 Å². The SMILES string of the molecule is C#Cc1ccc2c(c1)CCCC2Cc1ccc(C=N)c(N/C(C=NCC(C)C)=C/N)c1. The fourth-order valence-electron chi connectivity index (χ4n) is 4.10. The number of anilines is 1. The zero-order valence-corrected chi connectivity index (χ0v) is 18.5. The van der Waals surface area contributed by atoms with E-state index in [-0.39, 0.29) is 0 Å². The molecule has 0 aromatic heterocycles. The first kappa shape index (κ1) is 22.4. The fraction of sp³-hybridized carbons (Fsp3) is 0.333. The normalized spacial score (nSPS) is 16.2. The number of hydrogen-bond acceptors (Lipinski definition) is 4. The first-order valence-electron chi connectivity index (χ1n) is 11.0. The van der Waals surface area contributed by atoms with Crippen LogP contribution < -0.4 is 11.1 Å². The molecule has 0 aliphatic heterocycles. The van der Waals surface area contributed by atoms with Gasteiger partial charge in [0.2, 0.25) is 0 Å². The zero-order chi connectivity index (χ0) is 22.2. The summed E-state index contributed by atoms with van der Waals surface area (Å²) >= 11 is 0. The molecule has 0 bridgehead atoms. The van der Waals surface area contributed by atoms with Crippen molar-refractivity contribution in [3.8, 4) is 12.3 Å².